The van der Waals surface area contributed by atoms with Crippen LogP contribution in [0.4, 0.5) is 0 Å². The van der Waals surface area contributed by atoms with Crippen molar-refractivity contribution in [2.45, 2.75) is 380 Å². The lowest BCUT2D eigenvalue weighted by molar-refractivity contribution is -0.161. The molecule has 0 aliphatic rings. The number of ether oxygens (including phenoxy) is 4. The highest BCUT2D eigenvalue weighted by molar-refractivity contribution is 7.47. The number of phosphoric ester groups is 2. The summed E-state index contributed by atoms with van der Waals surface area (Å²) < 4.78 is 68.3. The van der Waals surface area contributed by atoms with Crippen LogP contribution in [0.1, 0.15) is 362 Å². The zero-order chi connectivity index (χ0) is 65.6. The van der Waals surface area contributed by atoms with Crippen molar-refractivity contribution in [3.05, 3.63) is 0 Å². The number of hydrogen-bond acceptors (Lipinski definition) is 15. The Kier molecular flexibility index (Phi) is 62.1. The van der Waals surface area contributed by atoms with E-state index in [-0.39, 0.29) is 25.7 Å². The highest BCUT2D eigenvalue weighted by Crippen LogP contribution is 2.45. The standard InChI is InChI=1S/C70H136O17P2/c1-6-9-12-15-18-21-24-27-28-31-34-41-46-51-56-70(75)86-65(59-80-67(72)53-48-43-38-32-29-25-22-19-16-13-10-7-2)61-84-88(76,77)82-57-64(71)58-83-89(78,79)85-62-66(60-81-68(73)54-49-44-39-36-35-37-42-47-52-63(4)5)87-69(74)55-50-45-40-33-30-26-23-20-17-14-11-8-3/h63-66,71H,6-62H2,1-5H3,(H,76,77)(H,78,79)/t64-,65-,66-/m1/s1. The van der Waals surface area contributed by atoms with Crippen LogP contribution in [0.5, 0.6) is 0 Å². The Morgan fingerprint density at radius 1 is 0.303 bits per heavy atom. The quantitative estimate of drug-likeness (QED) is 0.0222. The molecule has 0 aromatic rings. The van der Waals surface area contributed by atoms with E-state index in [1.807, 2.05) is 0 Å². The molecule has 0 radical (unpaired) electrons. The van der Waals surface area contributed by atoms with Crippen molar-refractivity contribution in [1.82, 2.24) is 0 Å². The first-order valence-corrected chi connectivity index (χ1v) is 39.6. The van der Waals surface area contributed by atoms with Gasteiger partial charge in [0.15, 0.2) is 12.2 Å². The maximum Gasteiger partial charge on any atom is 0.472 e. The molecule has 0 aromatic carbocycles. The molecule has 0 aliphatic heterocycles. The molecule has 0 spiro atoms. The van der Waals surface area contributed by atoms with E-state index in [1.54, 1.807) is 0 Å². The number of carbonyl (C=O) groups is 4. The minimum atomic E-state index is -4.95. The summed E-state index contributed by atoms with van der Waals surface area (Å²) in [6, 6.07) is 0. The largest absolute Gasteiger partial charge is 0.472 e. The summed E-state index contributed by atoms with van der Waals surface area (Å²) in [6.07, 6.45) is 49.8. The van der Waals surface area contributed by atoms with Crippen LogP contribution in [0.3, 0.4) is 0 Å². The van der Waals surface area contributed by atoms with E-state index in [1.165, 1.54) is 186 Å². The Hall–Kier alpha value is -1.94. The van der Waals surface area contributed by atoms with Crippen LogP contribution in [0.2, 0.25) is 0 Å². The summed E-state index contributed by atoms with van der Waals surface area (Å²) in [7, 11) is -9.90. The highest BCUT2D eigenvalue weighted by Gasteiger charge is 2.30. The lowest BCUT2D eigenvalue weighted by atomic mass is 10.0. The molecule has 19 heteroatoms. The predicted molar refractivity (Wildman–Crippen MR) is 358 cm³/mol. The van der Waals surface area contributed by atoms with Gasteiger partial charge in [-0.25, -0.2) is 9.13 Å². The van der Waals surface area contributed by atoms with Crippen LogP contribution in [0.25, 0.3) is 0 Å². The van der Waals surface area contributed by atoms with Gasteiger partial charge in [0.1, 0.15) is 19.3 Å². The van der Waals surface area contributed by atoms with Gasteiger partial charge in [-0.3, -0.25) is 37.3 Å². The molecule has 0 aliphatic carbocycles. The van der Waals surface area contributed by atoms with Gasteiger partial charge in [0.05, 0.1) is 26.4 Å². The Morgan fingerprint density at radius 2 is 0.517 bits per heavy atom. The lowest BCUT2D eigenvalue weighted by Crippen LogP contribution is -2.30. The molecule has 0 bridgehead atoms. The number of phosphoric acid groups is 2. The molecule has 528 valence electrons. The van der Waals surface area contributed by atoms with E-state index in [4.69, 9.17) is 37.0 Å². The maximum atomic E-state index is 13.0. The molecule has 89 heavy (non-hydrogen) atoms. The second kappa shape index (κ2) is 63.5. The average molecular weight is 1310 g/mol. The van der Waals surface area contributed by atoms with Crippen LogP contribution < -0.4 is 0 Å². The molecule has 2 unspecified atom stereocenters. The summed E-state index contributed by atoms with van der Waals surface area (Å²) in [6.45, 7) is 7.22. The fourth-order valence-corrected chi connectivity index (χ4v) is 12.2. The topological polar surface area (TPSA) is 237 Å². The molecular formula is C70H136O17P2. The van der Waals surface area contributed by atoms with Gasteiger partial charge in [-0.2, -0.15) is 0 Å². The van der Waals surface area contributed by atoms with Gasteiger partial charge in [-0.1, -0.05) is 311 Å². The number of hydrogen-bond donors (Lipinski definition) is 3. The molecule has 0 heterocycles. The van der Waals surface area contributed by atoms with E-state index < -0.39 is 97.5 Å². The van der Waals surface area contributed by atoms with Gasteiger partial charge in [0.25, 0.3) is 0 Å². The average Bonchev–Trinajstić information content (AvgIpc) is 3.61. The summed E-state index contributed by atoms with van der Waals surface area (Å²) in [5.74, 6) is -1.39. The van der Waals surface area contributed by atoms with Crippen LogP contribution in [-0.2, 0) is 65.4 Å². The fraction of sp³-hybridized carbons (Fsp3) is 0.943. The van der Waals surface area contributed by atoms with Crippen molar-refractivity contribution in [2.24, 2.45) is 5.92 Å². The van der Waals surface area contributed by atoms with Crippen LogP contribution in [-0.4, -0.2) is 96.7 Å². The van der Waals surface area contributed by atoms with Crippen molar-refractivity contribution in [3.63, 3.8) is 0 Å². The SMILES string of the molecule is CCCCCCCCCCCCCCCCC(=O)O[C@H](COC(=O)CCCCCCCCCCCCCC)COP(=O)(O)OC[C@@H](O)COP(=O)(O)OC[C@@H](COC(=O)CCCCCCCCCCC(C)C)OC(=O)CCCCCCCCCCCCCC. The Morgan fingerprint density at radius 3 is 0.764 bits per heavy atom. The van der Waals surface area contributed by atoms with Gasteiger partial charge in [-0.15, -0.1) is 0 Å². The monoisotopic (exact) mass is 1310 g/mol. The smallest absolute Gasteiger partial charge is 0.462 e. The van der Waals surface area contributed by atoms with Gasteiger partial charge in [0, 0.05) is 25.7 Å². The zero-order valence-corrected chi connectivity index (χ0v) is 59.4. The second-order valence-electron chi connectivity index (χ2n) is 25.7. The first kappa shape index (κ1) is 87.1. The Bertz CT molecular complexity index is 1720. The normalized spacial score (nSPS) is 14.1. The minimum Gasteiger partial charge on any atom is -0.462 e. The third-order valence-electron chi connectivity index (χ3n) is 16.3. The Labute approximate surface area is 543 Å². The van der Waals surface area contributed by atoms with Gasteiger partial charge in [-0.05, 0) is 31.6 Å². The molecule has 17 nitrogen and oxygen atoms in total. The molecule has 5 atom stereocenters. The number of carbonyl (C=O) groups excluding carboxylic acids is 4. The zero-order valence-electron chi connectivity index (χ0n) is 57.6. The van der Waals surface area contributed by atoms with E-state index >= 15 is 0 Å². The summed E-state index contributed by atoms with van der Waals surface area (Å²) in [4.78, 5) is 72.5. The Balaban J connectivity index is 5.25. The molecule has 0 saturated carbocycles. The van der Waals surface area contributed by atoms with E-state index in [2.05, 4.69) is 34.6 Å². The molecule has 0 saturated heterocycles. The van der Waals surface area contributed by atoms with Gasteiger partial charge in [0.2, 0.25) is 0 Å². The molecule has 0 rings (SSSR count). The molecule has 3 N–H and O–H groups in total. The highest BCUT2D eigenvalue weighted by atomic mass is 31.2. The second-order valence-corrected chi connectivity index (χ2v) is 28.7. The van der Waals surface area contributed by atoms with E-state index in [9.17, 15) is 43.2 Å². The first-order valence-electron chi connectivity index (χ1n) is 36.6. The van der Waals surface area contributed by atoms with Crippen molar-refractivity contribution >= 4 is 39.5 Å². The van der Waals surface area contributed by atoms with Gasteiger partial charge < -0.3 is 33.8 Å². The van der Waals surface area contributed by atoms with Crippen molar-refractivity contribution in [3.8, 4) is 0 Å². The van der Waals surface area contributed by atoms with Crippen LogP contribution in [0, 0.1) is 5.92 Å². The van der Waals surface area contributed by atoms with Crippen LogP contribution in [0.15, 0.2) is 0 Å². The minimum absolute atomic E-state index is 0.107. The van der Waals surface area contributed by atoms with Crippen molar-refractivity contribution in [1.29, 1.82) is 0 Å². The molecule has 0 fully saturated rings. The maximum absolute atomic E-state index is 13.0. The van der Waals surface area contributed by atoms with Crippen molar-refractivity contribution < 1.29 is 80.2 Å². The summed E-state index contributed by atoms with van der Waals surface area (Å²) in [5, 5.41) is 10.6. The first-order chi connectivity index (χ1) is 43.0. The number of rotatable bonds is 70. The number of aliphatic hydroxyl groups excluding tert-OH is 1. The molecular weight excluding hydrogens is 1170 g/mol. The molecule has 0 aromatic heterocycles. The third kappa shape index (κ3) is 64.6. The van der Waals surface area contributed by atoms with Crippen molar-refractivity contribution in [2.75, 3.05) is 39.6 Å². The third-order valence-corrected chi connectivity index (χ3v) is 18.2. The predicted octanol–water partition coefficient (Wildman–Crippen LogP) is 20.1. The summed E-state index contributed by atoms with van der Waals surface area (Å²) in [5.41, 5.74) is 0. The number of unbranched alkanes of at least 4 members (excludes halogenated alkanes) is 42. The van der Waals surface area contributed by atoms with E-state index in [0.717, 1.165) is 95.8 Å². The van der Waals surface area contributed by atoms with Crippen LogP contribution >= 0.6 is 15.6 Å². The summed E-state index contributed by atoms with van der Waals surface area (Å²) >= 11 is 0. The number of esters is 4. The lowest BCUT2D eigenvalue weighted by Gasteiger charge is -2.21. The van der Waals surface area contributed by atoms with E-state index in [0.29, 0.717) is 25.7 Å². The molecule has 0 amide bonds. The number of aliphatic hydroxyl groups is 1. The van der Waals surface area contributed by atoms with Gasteiger partial charge >= 0.3 is 39.5 Å². The fourth-order valence-electron chi connectivity index (χ4n) is 10.6.